The number of amides is 3. The number of aromatic nitrogens is 2. The zero-order valence-electron chi connectivity index (χ0n) is 17.7. The van der Waals surface area contributed by atoms with Gasteiger partial charge in [0, 0.05) is 59.2 Å². The third-order valence-electron chi connectivity index (χ3n) is 6.77. The van der Waals surface area contributed by atoms with Crippen LogP contribution >= 0.6 is 0 Å². The second-order valence-corrected chi connectivity index (χ2v) is 9.02. The molecule has 4 rings (SSSR count). The number of nitrogens with zero attached hydrogens (tertiary/aromatic N) is 5. The van der Waals surface area contributed by atoms with Gasteiger partial charge in [0.05, 0.1) is 5.41 Å². The molecule has 3 heterocycles. The molecular formula is C20H32N6O3. The Bertz CT molecular complexity index is 759. The van der Waals surface area contributed by atoms with Gasteiger partial charge in [-0.25, -0.2) is 4.79 Å². The summed E-state index contributed by atoms with van der Waals surface area (Å²) in [6.07, 6.45) is 6.07. The molecule has 1 saturated carbocycles. The van der Waals surface area contributed by atoms with Crippen LogP contribution in [0.2, 0.25) is 0 Å². The summed E-state index contributed by atoms with van der Waals surface area (Å²) in [5, 5.41) is 11.3. The first-order valence-electron chi connectivity index (χ1n) is 10.7. The average molecular weight is 405 g/mol. The van der Waals surface area contributed by atoms with Crippen molar-refractivity contribution < 1.29 is 14.0 Å². The summed E-state index contributed by atoms with van der Waals surface area (Å²) in [7, 11) is 3.62. The summed E-state index contributed by atoms with van der Waals surface area (Å²) in [4.78, 5) is 31.8. The van der Waals surface area contributed by atoms with Crippen molar-refractivity contribution in [2.24, 2.45) is 11.3 Å². The Labute approximate surface area is 171 Å². The molecule has 9 nitrogen and oxygen atoms in total. The van der Waals surface area contributed by atoms with E-state index in [-0.39, 0.29) is 17.9 Å². The Kier molecular flexibility index (Phi) is 5.40. The van der Waals surface area contributed by atoms with E-state index in [1.165, 1.54) is 12.8 Å². The largest absolute Gasteiger partial charge is 0.408 e. The maximum Gasteiger partial charge on any atom is 0.318 e. The number of aryl methyl sites for hydroxylation is 1. The van der Waals surface area contributed by atoms with Crippen molar-refractivity contribution >= 4 is 18.0 Å². The molecule has 0 radical (unpaired) electrons. The monoisotopic (exact) mass is 404 g/mol. The molecule has 3 amide bonds. The lowest BCUT2D eigenvalue weighted by atomic mass is 9.74. The van der Waals surface area contributed by atoms with E-state index in [9.17, 15) is 9.59 Å². The van der Waals surface area contributed by atoms with Crippen LogP contribution in [0.25, 0.3) is 0 Å². The van der Waals surface area contributed by atoms with E-state index in [1.54, 1.807) is 11.8 Å². The number of nitrogens with one attached hydrogen (secondary N) is 1. The van der Waals surface area contributed by atoms with Crippen molar-refractivity contribution in [3.05, 3.63) is 5.89 Å². The van der Waals surface area contributed by atoms with Crippen LogP contribution in [0.1, 0.15) is 44.4 Å². The van der Waals surface area contributed by atoms with Crippen molar-refractivity contribution in [2.75, 3.05) is 45.2 Å². The first kappa shape index (κ1) is 20.0. The maximum atomic E-state index is 13.3. The summed E-state index contributed by atoms with van der Waals surface area (Å²) in [5.74, 6) is 0.665. The van der Waals surface area contributed by atoms with Crippen molar-refractivity contribution in [1.82, 2.24) is 25.3 Å². The Morgan fingerprint density at radius 2 is 1.93 bits per heavy atom. The second-order valence-electron chi connectivity index (χ2n) is 9.02. The van der Waals surface area contributed by atoms with Gasteiger partial charge >= 0.3 is 12.0 Å². The van der Waals surface area contributed by atoms with Crippen LogP contribution in [0, 0.1) is 18.3 Å². The molecule has 0 spiro atoms. The predicted molar refractivity (Wildman–Crippen MR) is 107 cm³/mol. The first-order chi connectivity index (χ1) is 13.9. The lowest BCUT2D eigenvalue weighted by molar-refractivity contribution is -0.141. The Morgan fingerprint density at radius 1 is 1.17 bits per heavy atom. The van der Waals surface area contributed by atoms with Crippen molar-refractivity contribution in [3.63, 3.8) is 0 Å². The Morgan fingerprint density at radius 3 is 2.59 bits per heavy atom. The van der Waals surface area contributed by atoms with E-state index in [0.717, 1.165) is 25.7 Å². The lowest BCUT2D eigenvalue weighted by Gasteiger charge is -2.34. The summed E-state index contributed by atoms with van der Waals surface area (Å²) >= 11 is 0. The number of hydrogen-bond acceptors (Lipinski definition) is 6. The molecule has 160 valence electrons. The van der Waals surface area contributed by atoms with Crippen LogP contribution in [-0.4, -0.2) is 78.3 Å². The first-order valence-corrected chi connectivity index (χ1v) is 10.7. The summed E-state index contributed by atoms with van der Waals surface area (Å²) < 4.78 is 5.64. The summed E-state index contributed by atoms with van der Waals surface area (Å²) in [5.41, 5.74) is -0.533. The van der Waals surface area contributed by atoms with Gasteiger partial charge in [-0.05, 0) is 25.7 Å². The number of fused-ring (bicyclic) bond motifs is 1. The highest BCUT2D eigenvalue weighted by Crippen LogP contribution is 2.45. The van der Waals surface area contributed by atoms with E-state index in [2.05, 4.69) is 15.5 Å². The van der Waals surface area contributed by atoms with Gasteiger partial charge < -0.3 is 24.4 Å². The van der Waals surface area contributed by atoms with Crippen LogP contribution in [0.4, 0.5) is 10.8 Å². The lowest BCUT2D eigenvalue weighted by Crippen LogP contribution is -2.49. The molecular weight excluding hydrogens is 372 g/mol. The van der Waals surface area contributed by atoms with Crippen LogP contribution < -0.4 is 10.2 Å². The van der Waals surface area contributed by atoms with Crippen LogP contribution in [0.5, 0.6) is 0 Å². The third kappa shape index (κ3) is 3.79. The van der Waals surface area contributed by atoms with Gasteiger partial charge in [-0.3, -0.25) is 4.79 Å². The minimum atomic E-state index is -0.533. The smallest absolute Gasteiger partial charge is 0.318 e. The molecule has 0 bridgehead atoms. The highest BCUT2D eigenvalue weighted by Gasteiger charge is 2.55. The molecule has 1 aromatic rings. The van der Waals surface area contributed by atoms with Gasteiger partial charge in [-0.2, -0.15) is 0 Å². The highest BCUT2D eigenvalue weighted by atomic mass is 16.4. The number of likely N-dealkylation sites (tertiary alicyclic amines) is 1. The molecule has 2 saturated heterocycles. The number of anilines is 1. The van der Waals surface area contributed by atoms with Gasteiger partial charge in [0.2, 0.25) is 11.8 Å². The van der Waals surface area contributed by atoms with Gasteiger partial charge in [0.25, 0.3) is 0 Å². The fraction of sp³-hybridized carbons (Fsp3) is 0.800. The van der Waals surface area contributed by atoms with Gasteiger partial charge in [-0.15, -0.1) is 5.10 Å². The number of urea groups is 1. The van der Waals surface area contributed by atoms with E-state index in [4.69, 9.17) is 4.42 Å². The fourth-order valence-corrected chi connectivity index (χ4v) is 5.31. The van der Waals surface area contributed by atoms with Gasteiger partial charge in [0.1, 0.15) is 0 Å². The minimum absolute atomic E-state index is 0.0112. The Balaban J connectivity index is 1.55. The van der Waals surface area contributed by atoms with E-state index in [0.29, 0.717) is 44.1 Å². The SMILES string of the molecule is Cc1nnc(N2C[C@@H]3CN(C(=O)NC4CCCC4)CCC[C@]3(C(=O)N(C)C)C2)o1. The number of hydrogen-bond donors (Lipinski definition) is 1. The van der Waals surface area contributed by atoms with E-state index >= 15 is 0 Å². The molecule has 9 heteroatoms. The standard InChI is InChI=1S/C20H32N6O3/c1-14-22-23-19(29-14)26-12-15-11-25(18(28)21-16-7-4-5-8-16)10-6-9-20(15,13-26)17(27)24(2)3/h15-16H,4-13H2,1-3H3,(H,21,28)/t15-,20-/m0/s1. The summed E-state index contributed by atoms with van der Waals surface area (Å²) in [6, 6.07) is 0.765. The average Bonchev–Trinajstić information content (AvgIpc) is 3.40. The van der Waals surface area contributed by atoms with E-state index in [1.807, 2.05) is 23.9 Å². The van der Waals surface area contributed by atoms with Crippen molar-refractivity contribution in [1.29, 1.82) is 0 Å². The van der Waals surface area contributed by atoms with E-state index < -0.39 is 5.41 Å². The normalized spacial score (nSPS) is 27.6. The molecule has 3 fully saturated rings. The van der Waals surface area contributed by atoms with Crippen LogP contribution in [0.3, 0.4) is 0 Å². The van der Waals surface area contributed by atoms with Crippen molar-refractivity contribution in [2.45, 2.75) is 51.5 Å². The number of rotatable bonds is 3. The number of carbonyl (C=O) groups excluding carboxylic acids is 2. The highest BCUT2D eigenvalue weighted by molar-refractivity contribution is 5.84. The van der Waals surface area contributed by atoms with Crippen LogP contribution in [-0.2, 0) is 4.79 Å². The molecule has 2 aliphatic heterocycles. The zero-order valence-corrected chi connectivity index (χ0v) is 17.7. The molecule has 29 heavy (non-hydrogen) atoms. The fourth-order valence-electron chi connectivity index (χ4n) is 5.31. The maximum absolute atomic E-state index is 13.3. The molecule has 1 aromatic heterocycles. The second kappa shape index (κ2) is 7.84. The Hall–Kier alpha value is -2.32. The summed E-state index contributed by atoms with van der Waals surface area (Å²) in [6.45, 7) is 4.21. The van der Waals surface area contributed by atoms with Gasteiger partial charge in [0.15, 0.2) is 0 Å². The van der Waals surface area contributed by atoms with Gasteiger partial charge in [-0.1, -0.05) is 17.9 Å². The minimum Gasteiger partial charge on any atom is -0.408 e. The molecule has 2 atom stereocenters. The quantitative estimate of drug-likeness (QED) is 0.823. The molecule has 1 N–H and O–H groups in total. The number of carbonyl (C=O) groups is 2. The molecule has 0 aromatic carbocycles. The molecule has 0 unspecified atom stereocenters. The topological polar surface area (TPSA) is 94.8 Å². The van der Waals surface area contributed by atoms with Crippen molar-refractivity contribution in [3.8, 4) is 0 Å². The third-order valence-corrected chi connectivity index (χ3v) is 6.77. The molecule has 1 aliphatic carbocycles. The zero-order chi connectivity index (χ0) is 20.6. The predicted octanol–water partition coefficient (Wildman–Crippen LogP) is 1.64. The molecule has 3 aliphatic rings. The van der Waals surface area contributed by atoms with Crippen LogP contribution in [0.15, 0.2) is 4.42 Å².